The lowest BCUT2D eigenvalue weighted by molar-refractivity contribution is -0.151. The summed E-state index contributed by atoms with van der Waals surface area (Å²) in [7, 11) is 1.28. The molecule has 1 aromatic rings. The summed E-state index contributed by atoms with van der Waals surface area (Å²) < 4.78 is 18.7. The van der Waals surface area contributed by atoms with Crippen molar-refractivity contribution in [2.24, 2.45) is 5.92 Å². The summed E-state index contributed by atoms with van der Waals surface area (Å²) in [5.74, 6) is -2.10. The predicted molar refractivity (Wildman–Crippen MR) is 96.9 cm³/mol. The number of nitrogens with zero attached hydrogens (tertiary/aromatic N) is 1. The molecule has 0 bridgehead atoms. The van der Waals surface area contributed by atoms with Crippen molar-refractivity contribution < 1.29 is 23.5 Å². The van der Waals surface area contributed by atoms with Crippen molar-refractivity contribution in [3.8, 4) is 0 Å². The molecule has 26 heavy (non-hydrogen) atoms. The van der Waals surface area contributed by atoms with Gasteiger partial charge in [0.25, 0.3) is 5.91 Å². The van der Waals surface area contributed by atoms with E-state index in [9.17, 15) is 18.8 Å². The summed E-state index contributed by atoms with van der Waals surface area (Å²) in [5.41, 5.74) is 0.120. The van der Waals surface area contributed by atoms with Gasteiger partial charge in [0.1, 0.15) is 17.9 Å². The molecule has 0 radical (unpaired) electrons. The maximum absolute atomic E-state index is 13.7. The lowest BCUT2D eigenvalue weighted by Gasteiger charge is -2.29. The van der Waals surface area contributed by atoms with Crippen LogP contribution in [0.3, 0.4) is 0 Å². The van der Waals surface area contributed by atoms with Crippen molar-refractivity contribution in [1.82, 2.24) is 10.2 Å². The Bertz CT molecular complexity index is 710. The first-order chi connectivity index (χ1) is 12.3. The Balaban J connectivity index is 2.17. The monoisotopic (exact) mass is 428 g/mol. The summed E-state index contributed by atoms with van der Waals surface area (Å²) in [5, 5.41) is 2.67. The standard InChI is InChI=1S/C18H22BrFN2O4/c1-10(2)15(17(24)22-8-4-5-14(22)18(25)26-3)21-16(23)11-6-7-12(19)13(20)9-11/h6-7,9-10,14-15H,4-5,8H2,1-3H3,(H,21,23)/t14-,15-/m0/s1. The quantitative estimate of drug-likeness (QED) is 0.730. The van der Waals surface area contributed by atoms with Crippen LogP contribution >= 0.6 is 15.9 Å². The van der Waals surface area contributed by atoms with Crippen LogP contribution in [0.4, 0.5) is 4.39 Å². The number of hydrogen-bond acceptors (Lipinski definition) is 4. The van der Waals surface area contributed by atoms with Crippen molar-refractivity contribution in [1.29, 1.82) is 0 Å². The smallest absolute Gasteiger partial charge is 0.328 e. The zero-order valence-electron chi connectivity index (χ0n) is 14.9. The molecule has 1 aliphatic rings. The van der Waals surface area contributed by atoms with Crippen molar-refractivity contribution in [2.75, 3.05) is 13.7 Å². The van der Waals surface area contributed by atoms with E-state index < -0.39 is 29.8 Å². The third kappa shape index (κ3) is 4.41. The van der Waals surface area contributed by atoms with Crippen LogP contribution in [0.15, 0.2) is 22.7 Å². The molecule has 142 valence electrons. The van der Waals surface area contributed by atoms with Crippen molar-refractivity contribution in [2.45, 2.75) is 38.8 Å². The highest BCUT2D eigenvalue weighted by Gasteiger charge is 2.39. The zero-order valence-corrected chi connectivity index (χ0v) is 16.5. The molecule has 1 saturated heterocycles. The SMILES string of the molecule is COC(=O)[C@@H]1CCCN1C(=O)[C@@H](NC(=O)c1ccc(Br)c(F)c1)C(C)C. The van der Waals surface area contributed by atoms with Crippen LogP contribution in [0.2, 0.25) is 0 Å². The summed E-state index contributed by atoms with van der Waals surface area (Å²) in [6.45, 7) is 4.03. The molecule has 0 spiro atoms. The van der Waals surface area contributed by atoms with Gasteiger partial charge in [-0.3, -0.25) is 9.59 Å². The van der Waals surface area contributed by atoms with Gasteiger partial charge in [-0.05, 0) is 52.9 Å². The largest absolute Gasteiger partial charge is 0.467 e. The number of halogens is 2. The Morgan fingerprint density at radius 2 is 2.04 bits per heavy atom. The van der Waals surface area contributed by atoms with Crippen LogP contribution in [-0.2, 0) is 14.3 Å². The minimum absolute atomic E-state index is 0.120. The van der Waals surface area contributed by atoms with Gasteiger partial charge in [0.05, 0.1) is 11.6 Å². The van der Waals surface area contributed by atoms with Crippen LogP contribution < -0.4 is 5.32 Å². The Hall–Kier alpha value is -1.96. The van der Waals surface area contributed by atoms with E-state index in [0.29, 0.717) is 19.4 Å². The average Bonchev–Trinajstić information content (AvgIpc) is 3.10. The predicted octanol–water partition coefficient (Wildman–Crippen LogP) is 2.51. The maximum atomic E-state index is 13.7. The minimum atomic E-state index is -0.820. The molecule has 1 aromatic carbocycles. The molecule has 8 heteroatoms. The number of nitrogens with one attached hydrogen (secondary N) is 1. The fourth-order valence-electron chi connectivity index (χ4n) is 2.97. The van der Waals surface area contributed by atoms with E-state index in [1.165, 1.54) is 24.1 Å². The molecule has 2 rings (SSSR count). The molecule has 6 nitrogen and oxygen atoms in total. The van der Waals surface area contributed by atoms with Gasteiger partial charge in [-0.25, -0.2) is 9.18 Å². The number of rotatable bonds is 5. The fraction of sp³-hybridized carbons (Fsp3) is 0.500. The third-order valence-electron chi connectivity index (χ3n) is 4.41. The fourth-order valence-corrected chi connectivity index (χ4v) is 3.21. The number of amides is 2. The molecular formula is C18H22BrFN2O4. The summed E-state index contributed by atoms with van der Waals surface area (Å²) in [6, 6.07) is 2.56. The molecular weight excluding hydrogens is 407 g/mol. The summed E-state index contributed by atoms with van der Waals surface area (Å²) in [4.78, 5) is 38.7. The van der Waals surface area contributed by atoms with Gasteiger partial charge in [0.15, 0.2) is 0 Å². The highest BCUT2D eigenvalue weighted by atomic mass is 79.9. The first-order valence-electron chi connectivity index (χ1n) is 8.40. The van der Waals surface area contributed by atoms with Gasteiger partial charge >= 0.3 is 5.97 Å². The number of ether oxygens (including phenoxy) is 1. The van der Waals surface area contributed by atoms with Crippen molar-refractivity contribution in [3.63, 3.8) is 0 Å². The van der Waals surface area contributed by atoms with Gasteiger partial charge in [-0.15, -0.1) is 0 Å². The Morgan fingerprint density at radius 1 is 1.35 bits per heavy atom. The van der Waals surface area contributed by atoms with Crippen LogP contribution in [0.1, 0.15) is 37.0 Å². The molecule has 1 aliphatic heterocycles. The van der Waals surface area contributed by atoms with Gasteiger partial charge in [0.2, 0.25) is 5.91 Å². The molecule has 2 amide bonds. The van der Waals surface area contributed by atoms with E-state index >= 15 is 0 Å². The Morgan fingerprint density at radius 3 is 2.62 bits per heavy atom. The van der Waals surface area contributed by atoms with E-state index in [0.717, 1.165) is 6.07 Å². The average molecular weight is 429 g/mol. The Labute approximate surface area is 160 Å². The number of hydrogen-bond donors (Lipinski definition) is 1. The first-order valence-corrected chi connectivity index (χ1v) is 9.19. The summed E-state index contributed by atoms with van der Waals surface area (Å²) >= 11 is 3.04. The van der Waals surface area contributed by atoms with E-state index in [4.69, 9.17) is 4.74 Å². The highest BCUT2D eigenvalue weighted by Crippen LogP contribution is 2.22. The van der Waals surface area contributed by atoms with Gasteiger partial charge in [-0.2, -0.15) is 0 Å². The number of esters is 1. The number of carbonyl (C=O) groups is 3. The normalized spacial score (nSPS) is 17.9. The van der Waals surface area contributed by atoms with Gasteiger partial charge < -0.3 is 15.0 Å². The maximum Gasteiger partial charge on any atom is 0.328 e. The van der Waals surface area contributed by atoms with E-state index in [2.05, 4.69) is 21.2 Å². The number of methoxy groups -OCH3 is 1. The molecule has 0 aliphatic carbocycles. The van der Waals surface area contributed by atoms with E-state index in [-0.39, 0.29) is 21.9 Å². The molecule has 0 aromatic heterocycles. The van der Waals surface area contributed by atoms with Crippen molar-refractivity contribution >= 4 is 33.7 Å². The van der Waals surface area contributed by atoms with Crippen LogP contribution in [-0.4, -0.2) is 48.4 Å². The molecule has 1 N–H and O–H groups in total. The van der Waals surface area contributed by atoms with Gasteiger partial charge in [-0.1, -0.05) is 13.8 Å². The molecule has 1 heterocycles. The number of likely N-dealkylation sites (tertiary alicyclic amines) is 1. The lowest BCUT2D eigenvalue weighted by Crippen LogP contribution is -2.54. The second kappa shape index (κ2) is 8.62. The van der Waals surface area contributed by atoms with E-state index in [1.54, 1.807) is 13.8 Å². The lowest BCUT2D eigenvalue weighted by atomic mass is 10.0. The second-order valence-electron chi connectivity index (χ2n) is 6.54. The number of carbonyl (C=O) groups excluding carboxylic acids is 3. The topological polar surface area (TPSA) is 75.7 Å². The molecule has 1 fully saturated rings. The third-order valence-corrected chi connectivity index (χ3v) is 5.05. The highest BCUT2D eigenvalue weighted by molar-refractivity contribution is 9.10. The molecule has 2 atom stereocenters. The van der Waals surface area contributed by atoms with E-state index in [1.807, 2.05) is 0 Å². The van der Waals surface area contributed by atoms with Gasteiger partial charge in [0, 0.05) is 12.1 Å². The molecule has 0 saturated carbocycles. The number of benzene rings is 1. The summed E-state index contributed by atoms with van der Waals surface area (Å²) in [6.07, 6.45) is 1.23. The zero-order chi connectivity index (χ0) is 19.4. The molecule has 0 unspecified atom stereocenters. The van der Waals surface area contributed by atoms with Crippen LogP contribution in [0, 0.1) is 11.7 Å². The van der Waals surface area contributed by atoms with Crippen molar-refractivity contribution in [3.05, 3.63) is 34.1 Å². The van der Waals surface area contributed by atoms with Crippen LogP contribution in [0.5, 0.6) is 0 Å². The van der Waals surface area contributed by atoms with Crippen LogP contribution in [0.25, 0.3) is 0 Å². The second-order valence-corrected chi connectivity index (χ2v) is 7.39. The minimum Gasteiger partial charge on any atom is -0.467 e. The Kier molecular flexibility index (Phi) is 6.75. The first kappa shape index (κ1) is 20.4.